The van der Waals surface area contributed by atoms with Gasteiger partial charge < -0.3 is 0 Å². The van der Waals surface area contributed by atoms with Crippen LogP contribution in [-0.2, 0) is 0 Å². The monoisotopic (exact) mass is 216 g/mol. The molecule has 60 valence electrons. The molecular formula is C9H10BrF. The van der Waals surface area contributed by atoms with E-state index in [4.69, 9.17) is 0 Å². The van der Waals surface area contributed by atoms with Gasteiger partial charge >= 0.3 is 0 Å². The lowest BCUT2D eigenvalue weighted by Gasteiger charge is -2.08. The van der Waals surface area contributed by atoms with Crippen molar-refractivity contribution in [2.75, 3.05) is 0 Å². The van der Waals surface area contributed by atoms with Crippen molar-refractivity contribution in [1.29, 1.82) is 0 Å². The van der Waals surface area contributed by atoms with Gasteiger partial charge in [0.15, 0.2) is 0 Å². The Balaban J connectivity index is 3.21. The Morgan fingerprint density at radius 3 is 2.45 bits per heavy atom. The summed E-state index contributed by atoms with van der Waals surface area (Å²) in [5.74, 6) is -0.130. The topological polar surface area (TPSA) is 0 Å². The molecule has 0 bridgehead atoms. The van der Waals surface area contributed by atoms with Crippen molar-refractivity contribution in [2.24, 2.45) is 0 Å². The summed E-state index contributed by atoms with van der Waals surface area (Å²) < 4.78 is 13.1. The minimum absolute atomic E-state index is 0.0868. The molecule has 0 fully saturated rings. The lowest BCUT2D eigenvalue weighted by atomic mass is 10.1. The molecule has 0 aromatic heterocycles. The normalized spacial score (nSPS) is 13.1. The average Bonchev–Trinajstić information content (AvgIpc) is 1.85. The van der Waals surface area contributed by atoms with Gasteiger partial charge in [0.25, 0.3) is 0 Å². The van der Waals surface area contributed by atoms with Gasteiger partial charge in [-0.05, 0) is 25.5 Å². The molecule has 0 amide bonds. The fraction of sp³-hybridized carbons (Fsp3) is 0.333. The summed E-state index contributed by atoms with van der Waals surface area (Å²) in [6, 6.07) is 5.12. The molecule has 1 aromatic carbocycles. The molecule has 0 N–H and O–H groups in total. The van der Waals surface area contributed by atoms with Crippen molar-refractivity contribution in [2.45, 2.75) is 18.7 Å². The highest BCUT2D eigenvalue weighted by Crippen LogP contribution is 2.26. The Morgan fingerprint density at radius 1 is 1.45 bits per heavy atom. The highest BCUT2D eigenvalue weighted by Gasteiger charge is 2.09. The number of rotatable bonds is 1. The van der Waals surface area contributed by atoms with Crippen molar-refractivity contribution < 1.29 is 4.39 Å². The van der Waals surface area contributed by atoms with Crippen LogP contribution in [0.15, 0.2) is 18.2 Å². The van der Waals surface area contributed by atoms with Crippen LogP contribution in [0.4, 0.5) is 4.39 Å². The first-order valence-corrected chi connectivity index (χ1v) is 4.43. The molecule has 1 atom stereocenters. The largest absolute Gasteiger partial charge is 0.207 e. The number of halogens is 2. The Bertz CT molecular complexity index is 235. The van der Waals surface area contributed by atoms with Crippen LogP contribution in [0.1, 0.15) is 22.9 Å². The predicted molar refractivity (Wildman–Crippen MR) is 48.5 cm³/mol. The molecule has 0 saturated heterocycles. The van der Waals surface area contributed by atoms with Crippen molar-refractivity contribution in [3.05, 3.63) is 35.1 Å². The third-order valence-corrected chi connectivity index (χ3v) is 2.13. The molecule has 0 saturated carbocycles. The summed E-state index contributed by atoms with van der Waals surface area (Å²) in [6.07, 6.45) is 0. The summed E-state index contributed by atoms with van der Waals surface area (Å²) in [5, 5.41) is 0. The predicted octanol–water partition coefficient (Wildman–Crippen LogP) is 3.59. The van der Waals surface area contributed by atoms with E-state index in [9.17, 15) is 4.39 Å². The maximum Gasteiger partial charge on any atom is 0.127 e. The first-order chi connectivity index (χ1) is 5.13. The molecule has 0 heterocycles. The maximum atomic E-state index is 13.1. The first-order valence-electron chi connectivity index (χ1n) is 3.52. The fourth-order valence-electron chi connectivity index (χ4n) is 1.15. The quantitative estimate of drug-likeness (QED) is 0.630. The van der Waals surface area contributed by atoms with Gasteiger partial charge in [-0.1, -0.05) is 28.1 Å². The Morgan fingerprint density at radius 2 is 2.09 bits per heavy atom. The van der Waals surface area contributed by atoms with E-state index in [1.54, 1.807) is 6.07 Å². The van der Waals surface area contributed by atoms with Gasteiger partial charge in [-0.25, -0.2) is 4.39 Å². The molecule has 1 aromatic rings. The molecule has 2 heteroatoms. The van der Waals surface area contributed by atoms with Gasteiger partial charge in [0, 0.05) is 10.4 Å². The van der Waals surface area contributed by atoms with Gasteiger partial charge in [-0.15, -0.1) is 0 Å². The number of hydrogen-bond acceptors (Lipinski definition) is 0. The van der Waals surface area contributed by atoms with E-state index in [-0.39, 0.29) is 10.6 Å². The van der Waals surface area contributed by atoms with E-state index in [1.165, 1.54) is 6.07 Å². The summed E-state index contributed by atoms with van der Waals surface area (Å²) in [7, 11) is 0. The standard InChI is InChI=1S/C9H10BrF/c1-6-4-3-5-8(11)9(6)7(2)10/h3-5,7H,1-2H3. The number of aryl methyl sites for hydroxylation is 1. The highest BCUT2D eigenvalue weighted by atomic mass is 79.9. The molecule has 11 heavy (non-hydrogen) atoms. The van der Waals surface area contributed by atoms with Crippen LogP contribution >= 0.6 is 15.9 Å². The zero-order valence-corrected chi connectivity index (χ0v) is 8.15. The Labute approximate surface area is 74.6 Å². The first kappa shape index (κ1) is 8.72. The third-order valence-electron chi connectivity index (χ3n) is 1.67. The highest BCUT2D eigenvalue weighted by molar-refractivity contribution is 9.09. The van der Waals surface area contributed by atoms with E-state index in [2.05, 4.69) is 15.9 Å². The van der Waals surface area contributed by atoms with Crippen LogP contribution in [0.25, 0.3) is 0 Å². The Hall–Kier alpha value is -0.370. The zero-order chi connectivity index (χ0) is 8.43. The molecular weight excluding hydrogens is 207 g/mol. The van der Waals surface area contributed by atoms with Crippen LogP contribution in [0.3, 0.4) is 0 Å². The van der Waals surface area contributed by atoms with E-state index in [0.717, 1.165) is 11.1 Å². The number of benzene rings is 1. The van der Waals surface area contributed by atoms with Gasteiger partial charge in [-0.2, -0.15) is 0 Å². The number of alkyl halides is 1. The van der Waals surface area contributed by atoms with Crippen molar-refractivity contribution >= 4 is 15.9 Å². The van der Waals surface area contributed by atoms with E-state index >= 15 is 0 Å². The third kappa shape index (κ3) is 1.80. The van der Waals surface area contributed by atoms with Gasteiger partial charge in [0.05, 0.1) is 0 Å². The second-order valence-corrected chi connectivity index (χ2v) is 3.96. The molecule has 1 unspecified atom stereocenters. The van der Waals surface area contributed by atoms with Gasteiger partial charge in [0.2, 0.25) is 0 Å². The van der Waals surface area contributed by atoms with Crippen LogP contribution in [0.5, 0.6) is 0 Å². The second kappa shape index (κ2) is 3.35. The summed E-state index contributed by atoms with van der Waals surface area (Å²) in [6.45, 7) is 3.83. The minimum Gasteiger partial charge on any atom is -0.207 e. The maximum absolute atomic E-state index is 13.1. The molecule has 0 aliphatic rings. The molecule has 0 aliphatic carbocycles. The van der Waals surface area contributed by atoms with Gasteiger partial charge in [0.1, 0.15) is 5.82 Å². The molecule has 0 radical (unpaired) electrons. The molecule has 1 rings (SSSR count). The molecule has 0 spiro atoms. The minimum atomic E-state index is -0.130. The lowest BCUT2D eigenvalue weighted by molar-refractivity contribution is 0.610. The van der Waals surface area contributed by atoms with Crippen molar-refractivity contribution in [3.63, 3.8) is 0 Å². The Kier molecular flexibility index (Phi) is 2.66. The lowest BCUT2D eigenvalue weighted by Crippen LogP contribution is -1.93. The SMILES string of the molecule is Cc1cccc(F)c1C(C)Br. The van der Waals surface area contributed by atoms with Crippen LogP contribution in [0, 0.1) is 12.7 Å². The van der Waals surface area contributed by atoms with E-state index in [1.807, 2.05) is 19.9 Å². The summed E-state index contributed by atoms with van der Waals surface area (Å²) >= 11 is 3.34. The molecule has 0 aliphatic heterocycles. The van der Waals surface area contributed by atoms with Crippen LogP contribution in [-0.4, -0.2) is 0 Å². The zero-order valence-electron chi connectivity index (χ0n) is 6.57. The smallest absolute Gasteiger partial charge is 0.127 e. The summed E-state index contributed by atoms with van der Waals surface area (Å²) in [5.41, 5.74) is 1.75. The number of hydrogen-bond donors (Lipinski definition) is 0. The van der Waals surface area contributed by atoms with Crippen molar-refractivity contribution in [3.8, 4) is 0 Å². The van der Waals surface area contributed by atoms with Gasteiger partial charge in [-0.3, -0.25) is 0 Å². The van der Waals surface area contributed by atoms with E-state index < -0.39 is 0 Å². The van der Waals surface area contributed by atoms with E-state index in [0.29, 0.717) is 0 Å². The van der Waals surface area contributed by atoms with Crippen LogP contribution in [0.2, 0.25) is 0 Å². The fourth-order valence-corrected chi connectivity index (χ4v) is 1.73. The average molecular weight is 217 g/mol. The summed E-state index contributed by atoms with van der Waals surface area (Å²) in [4.78, 5) is 0.0868. The molecule has 0 nitrogen and oxygen atoms in total. The van der Waals surface area contributed by atoms with Crippen molar-refractivity contribution in [1.82, 2.24) is 0 Å². The second-order valence-electron chi connectivity index (χ2n) is 2.59. The van der Waals surface area contributed by atoms with Crippen LogP contribution < -0.4 is 0 Å².